The molecule has 0 amide bonds. The van der Waals surface area contributed by atoms with Crippen molar-refractivity contribution in [2.24, 2.45) is 0 Å². The van der Waals surface area contributed by atoms with Gasteiger partial charge in [0.2, 0.25) is 0 Å². The van der Waals surface area contributed by atoms with Crippen LogP contribution in [0, 0.1) is 13.8 Å². The van der Waals surface area contributed by atoms with Crippen molar-refractivity contribution in [1.82, 2.24) is 0 Å². The quantitative estimate of drug-likeness (QED) is 0.604. The van der Waals surface area contributed by atoms with Crippen molar-refractivity contribution in [3.8, 4) is 0 Å². The van der Waals surface area contributed by atoms with Gasteiger partial charge in [-0.2, -0.15) is 0 Å². The van der Waals surface area contributed by atoms with E-state index in [0.717, 1.165) is 0 Å². The first kappa shape index (κ1) is 12.4. The fourth-order valence-corrected chi connectivity index (χ4v) is 1.91. The summed E-state index contributed by atoms with van der Waals surface area (Å²) in [6, 6.07) is 2.22. The van der Waals surface area contributed by atoms with Gasteiger partial charge in [0.1, 0.15) is 0 Å². The van der Waals surface area contributed by atoms with Crippen LogP contribution in [0.4, 0.5) is 0 Å². The summed E-state index contributed by atoms with van der Waals surface area (Å²) in [6.45, 7) is 10.6. The number of hydrogen-bond donors (Lipinski definition) is 0. The largest absolute Gasteiger partial charge is 0.145 e. The molecule has 0 aromatic carbocycles. The third-order valence-corrected chi connectivity index (χ3v) is 2.41. The van der Waals surface area contributed by atoms with E-state index in [1.807, 2.05) is 18.3 Å². The van der Waals surface area contributed by atoms with Crippen LogP contribution in [0.25, 0.3) is 6.08 Å². The van der Waals surface area contributed by atoms with E-state index in [9.17, 15) is 0 Å². The lowest BCUT2D eigenvalue weighted by molar-refractivity contribution is 1.09. The maximum absolute atomic E-state index is 2.22. The summed E-state index contributed by atoms with van der Waals surface area (Å²) in [4.78, 5) is 2.81. The zero-order valence-electron chi connectivity index (χ0n) is 9.35. The maximum Gasteiger partial charge on any atom is 0.00892 e. The van der Waals surface area contributed by atoms with Crippen LogP contribution in [-0.2, 0) is 0 Å². The highest BCUT2D eigenvalue weighted by atomic mass is 32.1. The Labute approximate surface area is 86.3 Å². The van der Waals surface area contributed by atoms with Gasteiger partial charge in [0.25, 0.3) is 0 Å². The van der Waals surface area contributed by atoms with Crippen LogP contribution < -0.4 is 0 Å². The molecular weight excluding hydrogens is 176 g/mol. The lowest BCUT2D eigenvalue weighted by Crippen LogP contribution is -1.65. The van der Waals surface area contributed by atoms with E-state index in [1.165, 1.54) is 21.7 Å². The second-order valence-corrected chi connectivity index (χ2v) is 4.54. The molecule has 0 aliphatic carbocycles. The Morgan fingerprint density at radius 3 is 2.15 bits per heavy atom. The first-order valence-corrected chi connectivity index (χ1v) is 5.67. The Kier molecular flexibility index (Phi) is 6.61. The van der Waals surface area contributed by atoms with E-state index in [-0.39, 0.29) is 0 Å². The molecule has 0 atom stereocenters. The lowest BCUT2D eigenvalue weighted by Gasteiger charge is -1.84. The third kappa shape index (κ3) is 4.89. The molecule has 1 aromatic heterocycles. The second-order valence-electron chi connectivity index (χ2n) is 3.08. The van der Waals surface area contributed by atoms with Gasteiger partial charge in [0.05, 0.1) is 0 Å². The van der Waals surface area contributed by atoms with E-state index < -0.39 is 0 Å². The molecule has 0 N–H and O–H groups in total. The van der Waals surface area contributed by atoms with E-state index in [2.05, 4.69) is 45.9 Å². The highest BCUT2D eigenvalue weighted by Gasteiger charge is 1.96. The normalized spacial score (nSPS) is 9.92. The zero-order valence-corrected chi connectivity index (χ0v) is 10.2. The molecule has 0 spiro atoms. The molecule has 0 bridgehead atoms. The van der Waals surface area contributed by atoms with Crippen molar-refractivity contribution >= 4 is 17.4 Å². The summed E-state index contributed by atoms with van der Waals surface area (Å²) >= 11 is 1.86. The van der Waals surface area contributed by atoms with Crippen LogP contribution in [0.15, 0.2) is 12.1 Å². The molecule has 0 aliphatic rings. The number of aryl methyl sites for hydroxylation is 2. The van der Waals surface area contributed by atoms with Gasteiger partial charge >= 0.3 is 0 Å². The third-order valence-electron chi connectivity index (χ3n) is 1.43. The second kappa shape index (κ2) is 6.90. The van der Waals surface area contributed by atoms with Crippen LogP contribution in [0.2, 0.25) is 0 Å². The smallest absolute Gasteiger partial charge is 0.00892 e. The Morgan fingerprint density at radius 2 is 1.85 bits per heavy atom. The Hall–Kier alpha value is -0.560. The number of allylic oxidation sites excluding steroid dienone is 1. The standard InChI is InChI=1S/C9H12S.C3H8/c1-4-5-9-6-7(2)10-8(9)3;1-3-2/h4-6H,1-3H3;3H2,1-2H3/b5-4-;. The van der Waals surface area contributed by atoms with Gasteiger partial charge in [0, 0.05) is 9.75 Å². The molecule has 0 fully saturated rings. The van der Waals surface area contributed by atoms with E-state index in [1.54, 1.807) is 0 Å². The molecule has 0 saturated heterocycles. The molecule has 0 aliphatic heterocycles. The first-order valence-electron chi connectivity index (χ1n) is 4.85. The predicted molar refractivity (Wildman–Crippen MR) is 64.5 cm³/mol. The SMILES string of the molecule is C/C=C\c1cc(C)sc1C.CCC. The fraction of sp³-hybridized carbons (Fsp3) is 0.500. The van der Waals surface area contributed by atoms with Crippen molar-refractivity contribution in [3.63, 3.8) is 0 Å². The van der Waals surface area contributed by atoms with Crippen LogP contribution in [0.1, 0.15) is 42.5 Å². The summed E-state index contributed by atoms with van der Waals surface area (Å²) in [5.41, 5.74) is 1.37. The molecule has 1 rings (SSSR count). The maximum atomic E-state index is 2.22. The molecule has 0 saturated carbocycles. The molecule has 1 heteroatoms. The van der Waals surface area contributed by atoms with E-state index >= 15 is 0 Å². The topological polar surface area (TPSA) is 0 Å². The fourth-order valence-electron chi connectivity index (χ4n) is 0.996. The monoisotopic (exact) mass is 196 g/mol. The van der Waals surface area contributed by atoms with E-state index in [4.69, 9.17) is 0 Å². The van der Waals surface area contributed by atoms with Crippen molar-refractivity contribution in [3.05, 3.63) is 27.5 Å². The Morgan fingerprint density at radius 1 is 1.31 bits per heavy atom. The van der Waals surface area contributed by atoms with Gasteiger partial charge in [-0.25, -0.2) is 0 Å². The number of hydrogen-bond acceptors (Lipinski definition) is 1. The van der Waals surface area contributed by atoms with Crippen molar-refractivity contribution in [2.75, 3.05) is 0 Å². The number of thiophene rings is 1. The average molecular weight is 196 g/mol. The lowest BCUT2D eigenvalue weighted by atomic mass is 10.2. The van der Waals surface area contributed by atoms with Crippen molar-refractivity contribution in [1.29, 1.82) is 0 Å². The summed E-state index contributed by atoms with van der Waals surface area (Å²) in [5.74, 6) is 0. The van der Waals surface area contributed by atoms with E-state index in [0.29, 0.717) is 0 Å². The summed E-state index contributed by atoms with van der Waals surface area (Å²) in [6.07, 6.45) is 5.48. The summed E-state index contributed by atoms with van der Waals surface area (Å²) < 4.78 is 0. The van der Waals surface area contributed by atoms with Gasteiger partial charge < -0.3 is 0 Å². The highest BCUT2D eigenvalue weighted by Crippen LogP contribution is 2.21. The minimum atomic E-state index is 1.25. The Bertz CT molecular complexity index is 256. The van der Waals surface area contributed by atoms with Crippen molar-refractivity contribution in [2.45, 2.75) is 41.0 Å². The minimum Gasteiger partial charge on any atom is -0.145 e. The van der Waals surface area contributed by atoms with Gasteiger partial charge in [-0.1, -0.05) is 32.4 Å². The molecule has 0 nitrogen and oxygen atoms in total. The first-order chi connectivity index (χ1) is 6.15. The van der Waals surface area contributed by atoms with Crippen LogP contribution in [-0.4, -0.2) is 0 Å². The van der Waals surface area contributed by atoms with Crippen LogP contribution in [0.3, 0.4) is 0 Å². The van der Waals surface area contributed by atoms with Gasteiger partial charge in [-0.15, -0.1) is 11.3 Å². The Balaban J connectivity index is 0.000000424. The summed E-state index contributed by atoms with van der Waals surface area (Å²) in [5, 5.41) is 0. The van der Waals surface area contributed by atoms with Gasteiger partial charge in [-0.3, -0.25) is 0 Å². The minimum absolute atomic E-state index is 1.25. The van der Waals surface area contributed by atoms with Crippen LogP contribution >= 0.6 is 11.3 Å². The predicted octanol–water partition coefficient (Wildman–Crippen LogP) is 4.81. The molecule has 1 heterocycles. The molecule has 74 valence electrons. The molecule has 13 heavy (non-hydrogen) atoms. The molecule has 0 radical (unpaired) electrons. The number of rotatable bonds is 1. The zero-order chi connectivity index (χ0) is 10.3. The van der Waals surface area contributed by atoms with Gasteiger partial charge in [0.15, 0.2) is 0 Å². The van der Waals surface area contributed by atoms with Crippen LogP contribution in [0.5, 0.6) is 0 Å². The molecular formula is C12H20S. The van der Waals surface area contributed by atoms with Crippen molar-refractivity contribution < 1.29 is 0 Å². The van der Waals surface area contributed by atoms with Gasteiger partial charge in [-0.05, 0) is 32.4 Å². The highest BCUT2D eigenvalue weighted by molar-refractivity contribution is 7.12. The summed E-state index contributed by atoms with van der Waals surface area (Å²) in [7, 11) is 0. The molecule has 1 aromatic rings. The molecule has 0 unspecified atom stereocenters. The average Bonchev–Trinajstić information content (AvgIpc) is 2.33.